The van der Waals surface area contributed by atoms with Gasteiger partial charge in [-0.2, -0.15) is 5.26 Å². The van der Waals surface area contributed by atoms with E-state index in [0.717, 1.165) is 18.7 Å². The van der Waals surface area contributed by atoms with Crippen LogP contribution in [0.4, 0.5) is 21.9 Å². The van der Waals surface area contributed by atoms with Crippen LogP contribution in [0.25, 0.3) is 0 Å². The molecule has 0 saturated carbocycles. The van der Waals surface area contributed by atoms with Crippen molar-refractivity contribution >= 4 is 29.0 Å². The number of anilines is 3. The number of nitrogens with one attached hydrogen (secondary N) is 3. The molecule has 0 saturated heterocycles. The van der Waals surface area contributed by atoms with Crippen molar-refractivity contribution in [3.05, 3.63) is 90.0 Å². The van der Waals surface area contributed by atoms with Gasteiger partial charge in [0.05, 0.1) is 11.6 Å². The predicted molar refractivity (Wildman–Crippen MR) is 127 cm³/mol. The van der Waals surface area contributed by atoms with Crippen LogP contribution in [0.15, 0.2) is 78.9 Å². The third-order valence-corrected chi connectivity index (χ3v) is 4.78. The summed E-state index contributed by atoms with van der Waals surface area (Å²) >= 11 is 0. The van der Waals surface area contributed by atoms with Gasteiger partial charge >= 0.3 is 6.03 Å². The Morgan fingerprint density at radius 2 is 1.62 bits per heavy atom. The number of benzene rings is 3. The highest BCUT2D eigenvalue weighted by molar-refractivity contribution is 6.05. The predicted octanol–water partition coefficient (Wildman–Crippen LogP) is 4.46. The fourth-order valence-corrected chi connectivity index (χ4v) is 3.11. The van der Waals surface area contributed by atoms with Crippen molar-refractivity contribution in [3.8, 4) is 6.07 Å². The quantitative estimate of drug-likeness (QED) is 0.463. The summed E-state index contributed by atoms with van der Waals surface area (Å²) < 4.78 is 0. The van der Waals surface area contributed by atoms with Crippen molar-refractivity contribution in [1.82, 2.24) is 5.32 Å². The third kappa shape index (κ3) is 6.61. The van der Waals surface area contributed by atoms with Crippen molar-refractivity contribution in [2.45, 2.75) is 6.42 Å². The molecule has 3 aromatic rings. The van der Waals surface area contributed by atoms with E-state index in [1.54, 1.807) is 48.5 Å². The average Bonchev–Trinajstić information content (AvgIpc) is 2.82. The first-order valence-electron chi connectivity index (χ1n) is 10.3. The van der Waals surface area contributed by atoms with E-state index < -0.39 is 0 Å². The number of carbonyl (C=O) groups excluding carboxylic acids is 2. The van der Waals surface area contributed by atoms with Crippen molar-refractivity contribution in [2.75, 3.05) is 35.7 Å². The zero-order chi connectivity index (χ0) is 22.8. The number of carbonyl (C=O) groups is 2. The van der Waals surface area contributed by atoms with Crippen LogP contribution in [-0.2, 0) is 0 Å². The van der Waals surface area contributed by atoms with Crippen LogP contribution in [0.1, 0.15) is 22.3 Å². The van der Waals surface area contributed by atoms with E-state index in [1.807, 2.05) is 43.4 Å². The minimum absolute atomic E-state index is 0.326. The fraction of sp³-hybridized carbons (Fsp3) is 0.160. The number of nitriles is 1. The standard InChI is InChI=1S/C25H25N5O2/c1-30(23-12-3-2-4-13-23)15-7-14-27-25(32)29-22-11-6-9-20(17-22)24(31)28-21-10-5-8-19(16-21)18-26/h2-6,8-13,16-17H,7,14-15H2,1H3,(H,28,31)(H2,27,29,32). The van der Waals surface area contributed by atoms with Gasteiger partial charge in [0, 0.05) is 42.8 Å². The molecule has 0 aliphatic heterocycles. The molecular formula is C25H25N5O2. The summed E-state index contributed by atoms with van der Waals surface area (Å²) in [6.45, 7) is 1.34. The molecule has 162 valence electrons. The molecular weight excluding hydrogens is 402 g/mol. The number of hydrogen-bond donors (Lipinski definition) is 3. The van der Waals surface area contributed by atoms with Gasteiger partial charge < -0.3 is 20.9 Å². The minimum Gasteiger partial charge on any atom is -0.375 e. The molecule has 0 spiro atoms. The first kappa shape index (κ1) is 22.4. The number of urea groups is 1. The second kappa shape index (κ2) is 11.2. The maximum Gasteiger partial charge on any atom is 0.319 e. The topological polar surface area (TPSA) is 97.3 Å². The smallest absolute Gasteiger partial charge is 0.319 e. The van der Waals surface area contributed by atoms with E-state index in [9.17, 15) is 9.59 Å². The van der Waals surface area contributed by atoms with Crippen LogP contribution in [0.3, 0.4) is 0 Å². The van der Waals surface area contributed by atoms with Gasteiger partial charge in [-0.3, -0.25) is 4.79 Å². The van der Waals surface area contributed by atoms with Crippen molar-refractivity contribution in [2.24, 2.45) is 0 Å². The highest BCUT2D eigenvalue weighted by Gasteiger charge is 2.09. The number of hydrogen-bond acceptors (Lipinski definition) is 4. The van der Waals surface area contributed by atoms with Gasteiger partial charge in [0.25, 0.3) is 5.91 Å². The molecule has 0 aromatic heterocycles. The largest absolute Gasteiger partial charge is 0.375 e. The van der Waals surface area contributed by atoms with Crippen LogP contribution in [0.5, 0.6) is 0 Å². The van der Waals surface area contributed by atoms with Crippen molar-refractivity contribution < 1.29 is 9.59 Å². The summed E-state index contributed by atoms with van der Waals surface area (Å²) in [4.78, 5) is 26.9. The Labute approximate surface area is 187 Å². The summed E-state index contributed by atoms with van der Waals surface area (Å²) in [5.74, 6) is -0.326. The lowest BCUT2D eigenvalue weighted by molar-refractivity contribution is 0.102. The molecule has 0 bridgehead atoms. The van der Waals surface area contributed by atoms with E-state index in [1.165, 1.54) is 0 Å². The molecule has 3 rings (SSSR count). The number of nitrogens with zero attached hydrogens (tertiary/aromatic N) is 2. The van der Waals surface area contributed by atoms with Gasteiger partial charge in [-0.1, -0.05) is 30.3 Å². The molecule has 0 heterocycles. The number of amides is 3. The van der Waals surface area contributed by atoms with Crippen molar-refractivity contribution in [1.29, 1.82) is 5.26 Å². The zero-order valence-electron chi connectivity index (χ0n) is 17.8. The molecule has 0 aliphatic rings. The van der Waals surface area contributed by atoms with Crippen LogP contribution in [0, 0.1) is 11.3 Å². The first-order valence-corrected chi connectivity index (χ1v) is 10.3. The second-order valence-electron chi connectivity index (χ2n) is 7.22. The Bertz CT molecular complexity index is 1110. The summed E-state index contributed by atoms with van der Waals surface area (Å²) in [6, 6.07) is 25.1. The molecule has 3 amide bonds. The molecule has 0 atom stereocenters. The van der Waals surface area contributed by atoms with Gasteiger partial charge in [-0.25, -0.2) is 4.79 Å². The fourth-order valence-electron chi connectivity index (χ4n) is 3.11. The molecule has 3 N–H and O–H groups in total. The highest BCUT2D eigenvalue weighted by Crippen LogP contribution is 2.15. The lowest BCUT2D eigenvalue weighted by atomic mass is 10.1. The molecule has 32 heavy (non-hydrogen) atoms. The lowest BCUT2D eigenvalue weighted by Crippen LogP contribution is -2.31. The van der Waals surface area contributed by atoms with Crippen molar-refractivity contribution in [3.63, 3.8) is 0 Å². The van der Waals surface area contributed by atoms with Gasteiger partial charge in [-0.15, -0.1) is 0 Å². The Kier molecular flexibility index (Phi) is 7.82. The Morgan fingerprint density at radius 1 is 0.906 bits per heavy atom. The molecule has 0 aliphatic carbocycles. The van der Waals surface area contributed by atoms with Gasteiger partial charge in [-0.05, 0) is 55.0 Å². The summed E-state index contributed by atoms with van der Waals surface area (Å²) in [7, 11) is 2.02. The normalized spacial score (nSPS) is 10.0. The van der Waals surface area contributed by atoms with E-state index in [2.05, 4.69) is 20.9 Å². The summed E-state index contributed by atoms with van der Waals surface area (Å²) in [5, 5.41) is 17.3. The van der Waals surface area contributed by atoms with E-state index in [4.69, 9.17) is 5.26 Å². The van der Waals surface area contributed by atoms with E-state index in [-0.39, 0.29) is 11.9 Å². The first-order chi connectivity index (χ1) is 15.5. The molecule has 0 radical (unpaired) electrons. The van der Waals surface area contributed by atoms with E-state index >= 15 is 0 Å². The SMILES string of the molecule is CN(CCCNC(=O)Nc1cccc(C(=O)Nc2cccc(C#N)c2)c1)c1ccccc1. The second-order valence-corrected chi connectivity index (χ2v) is 7.22. The molecule has 0 unspecified atom stereocenters. The molecule has 7 heteroatoms. The lowest BCUT2D eigenvalue weighted by Gasteiger charge is -2.19. The van der Waals surface area contributed by atoms with Crippen LogP contribution in [-0.4, -0.2) is 32.1 Å². The Morgan fingerprint density at radius 3 is 2.38 bits per heavy atom. The summed E-state index contributed by atoms with van der Waals surface area (Å²) in [5.41, 5.74) is 3.04. The van der Waals surface area contributed by atoms with E-state index in [0.29, 0.717) is 29.0 Å². The van der Waals surface area contributed by atoms with Gasteiger partial charge in [0.2, 0.25) is 0 Å². The molecule has 7 nitrogen and oxygen atoms in total. The molecule has 0 fully saturated rings. The van der Waals surface area contributed by atoms with Gasteiger partial charge in [0.15, 0.2) is 0 Å². The minimum atomic E-state index is -0.327. The Balaban J connectivity index is 1.47. The summed E-state index contributed by atoms with van der Waals surface area (Å²) in [6.07, 6.45) is 0.795. The Hall–Kier alpha value is -4.31. The number of para-hydroxylation sites is 1. The highest BCUT2D eigenvalue weighted by atomic mass is 16.2. The number of rotatable bonds is 8. The van der Waals surface area contributed by atoms with Crippen LogP contribution in [0.2, 0.25) is 0 Å². The third-order valence-electron chi connectivity index (χ3n) is 4.78. The van der Waals surface area contributed by atoms with Gasteiger partial charge in [0.1, 0.15) is 0 Å². The van der Waals surface area contributed by atoms with Crippen LogP contribution < -0.4 is 20.9 Å². The maximum atomic E-state index is 12.5. The average molecular weight is 428 g/mol. The molecule has 3 aromatic carbocycles. The zero-order valence-corrected chi connectivity index (χ0v) is 17.8. The maximum absolute atomic E-state index is 12.5. The van der Waals surface area contributed by atoms with Crippen LogP contribution >= 0.6 is 0 Å². The monoisotopic (exact) mass is 427 g/mol.